The highest BCUT2D eigenvalue weighted by molar-refractivity contribution is 6.32. The van der Waals surface area contributed by atoms with E-state index >= 15 is 0 Å². The quantitative estimate of drug-likeness (QED) is 0.283. The number of halogens is 3. The van der Waals surface area contributed by atoms with Crippen molar-refractivity contribution in [1.82, 2.24) is 4.90 Å². The van der Waals surface area contributed by atoms with Crippen molar-refractivity contribution in [1.29, 1.82) is 0 Å². The van der Waals surface area contributed by atoms with Gasteiger partial charge in [-0.2, -0.15) is 0 Å². The molecule has 1 aliphatic heterocycles. The van der Waals surface area contributed by atoms with Crippen LogP contribution < -0.4 is 10.2 Å². The number of alkyl halides is 3. The van der Waals surface area contributed by atoms with Gasteiger partial charge in [-0.25, -0.2) is 0 Å². The van der Waals surface area contributed by atoms with Gasteiger partial charge in [-0.1, -0.05) is 73.1 Å². The van der Waals surface area contributed by atoms with Crippen LogP contribution >= 0.6 is 0 Å². The monoisotopic (exact) mass is 559 g/mol. The highest BCUT2D eigenvalue weighted by Crippen LogP contribution is 2.49. The number of hydrogen-bond donors (Lipinski definition) is 0. The number of piperidine rings is 1. The molecule has 2 unspecified atom stereocenters. The summed E-state index contributed by atoms with van der Waals surface area (Å²) >= 11 is 0. The molecule has 3 nitrogen and oxygen atoms in total. The largest absolute Gasteiger partial charge is 0.573 e. The highest BCUT2D eigenvalue weighted by Gasteiger charge is 2.46. The van der Waals surface area contributed by atoms with E-state index in [0.29, 0.717) is 24.3 Å². The van der Waals surface area contributed by atoms with E-state index in [1.165, 1.54) is 17.7 Å². The number of benzene rings is 3. The Bertz CT molecular complexity index is 1320. The first-order valence-corrected chi connectivity index (χ1v) is 14.7. The fraction of sp³-hybridized carbons (Fsp3) is 0.441. The molecule has 0 amide bonds. The number of ether oxygens (including phenoxy) is 1. The van der Waals surface area contributed by atoms with Crippen LogP contribution in [0.5, 0.6) is 5.75 Å². The Labute approximate surface area is 242 Å². The zero-order valence-corrected chi connectivity index (χ0v) is 23.6. The zero-order valence-electron chi connectivity index (χ0n) is 23.6. The van der Waals surface area contributed by atoms with Crippen molar-refractivity contribution in [2.75, 3.05) is 13.1 Å². The molecule has 1 aliphatic carbocycles. The lowest BCUT2D eigenvalue weighted by atomic mass is 9.60. The first-order valence-electron chi connectivity index (χ1n) is 14.7. The summed E-state index contributed by atoms with van der Waals surface area (Å²) < 4.78 is 41.9. The van der Waals surface area contributed by atoms with E-state index in [2.05, 4.69) is 46.9 Å². The van der Waals surface area contributed by atoms with Gasteiger partial charge in [0.2, 0.25) is 0 Å². The Kier molecular flexibility index (Phi) is 8.93. The van der Waals surface area contributed by atoms with Crippen molar-refractivity contribution >= 4 is 19.1 Å². The van der Waals surface area contributed by atoms with Gasteiger partial charge in [-0.3, -0.25) is 9.69 Å². The number of fused-ring (bicyclic) bond motifs is 1. The molecule has 0 bridgehead atoms. The average molecular weight is 559 g/mol. The maximum absolute atomic E-state index is 14.3. The van der Waals surface area contributed by atoms with E-state index in [9.17, 15) is 18.0 Å². The highest BCUT2D eigenvalue weighted by atomic mass is 19.4. The van der Waals surface area contributed by atoms with Crippen LogP contribution in [0.4, 0.5) is 13.2 Å². The van der Waals surface area contributed by atoms with Crippen LogP contribution in [-0.2, 0) is 12.8 Å². The summed E-state index contributed by atoms with van der Waals surface area (Å²) in [6, 6.07) is 22.7. The van der Waals surface area contributed by atoms with Gasteiger partial charge >= 0.3 is 6.36 Å². The lowest BCUT2D eigenvalue weighted by Gasteiger charge is -2.49. The fourth-order valence-electron chi connectivity index (χ4n) is 7.20. The molecule has 0 N–H and O–H groups in total. The number of rotatable bonds is 7. The molecule has 2 aliphatic rings. The summed E-state index contributed by atoms with van der Waals surface area (Å²) in [5.74, 6) is -0.224. The van der Waals surface area contributed by atoms with Crippen LogP contribution in [0.15, 0.2) is 72.8 Å². The van der Waals surface area contributed by atoms with Gasteiger partial charge in [-0.05, 0) is 98.7 Å². The third-order valence-corrected chi connectivity index (χ3v) is 9.26. The number of nitrogens with zero attached hydrogens (tertiary/aromatic N) is 1. The predicted molar refractivity (Wildman–Crippen MR) is 157 cm³/mol. The van der Waals surface area contributed by atoms with Gasteiger partial charge in [-0.15, -0.1) is 13.2 Å². The number of aryl methyl sites for hydroxylation is 2. The van der Waals surface area contributed by atoms with Crippen molar-refractivity contribution in [3.63, 3.8) is 0 Å². The number of ketones is 1. The van der Waals surface area contributed by atoms with E-state index in [4.69, 9.17) is 7.85 Å². The Morgan fingerprint density at radius 1 is 1.00 bits per heavy atom. The van der Waals surface area contributed by atoms with Crippen molar-refractivity contribution in [2.24, 2.45) is 11.3 Å². The molecule has 1 heterocycles. The normalized spacial score (nSPS) is 20.2. The standard InChI is InChI=1S/C34H37BF3NO2/c1-2-31(25-7-4-3-5-8-25)39-21-19-33(20-22-39)18-6-9-26-23-27(35)13-16-29(26)32(40)30(33)17-12-24-10-14-28(15-11-24)41-34(36,37)38/h3-5,7-8,10-11,13-16,23,30-31H,2,6,9,12,17-22H2,1H3. The Hall–Kier alpha value is -3.06. The summed E-state index contributed by atoms with van der Waals surface area (Å²) in [6.07, 6.45) is 2.30. The second-order valence-electron chi connectivity index (χ2n) is 11.7. The first kappa shape index (κ1) is 29.4. The minimum atomic E-state index is -4.72. The van der Waals surface area contributed by atoms with Gasteiger partial charge in [0.05, 0.1) is 0 Å². The molecule has 0 aromatic heterocycles. The van der Waals surface area contributed by atoms with Gasteiger partial charge in [0.25, 0.3) is 0 Å². The molecule has 3 aromatic rings. The number of carbonyl (C=O) groups is 1. The van der Waals surface area contributed by atoms with E-state index in [1.807, 2.05) is 18.2 Å². The van der Waals surface area contributed by atoms with Gasteiger partial charge in [0.15, 0.2) is 5.78 Å². The van der Waals surface area contributed by atoms with Crippen LogP contribution in [-0.4, -0.2) is 38.0 Å². The molecule has 5 rings (SSSR count). The van der Waals surface area contributed by atoms with E-state index in [1.54, 1.807) is 12.1 Å². The second kappa shape index (κ2) is 12.4. The third kappa shape index (κ3) is 6.89. The van der Waals surface area contributed by atoms with Crippen LogP contribution in [0.2, 0.25) is 0 Å². The minimum absolute atomic E-state index is 0.110. The smallest absolute Gasteiger partial charge is 0.406 e. The fourth-order valence-corrected chi connectivity index (χ4v) is 7.20. The van der Waals surface area contributed by atoms with Gasteiger partial charge < -0.3 is 4.74 Å². The third-order valence-electron chi connectivity index (χ3n) is 9.26. The van der Waals surface area contributed by atoms with Crippen LogP contribution in [0, 0.1) is 11.3 Å². The molecule has 41 heavy (non-hydrogen) atoms. The summed E-state index contributed by atoms with van der Waals surface area (Å²) in [6.45, 7) is 4.11. The van der Waals surface area contributed by atoms with E-state index < -0.39 is 6.36 Å². The molecule has 3 aromatic carbocycles. The van der Waals surface area contributed by atoms with Crippen LogP contribution in [0.3, 0.4) is 0 Å². The van der Waals surface area contributed by atoms with Crippen molar-refractivity contribution in [2.45, 2.75) is 70.7 Å². The number of hydrogen-bond acceptors (Lipinski definition) is 3. The van der Waals surface area contributed by atoms with E-state index in [-0.39, 0.29) is 22.9 Å². The maximum atomic E-state index is 14.3. The zero-order chi connectivity index (χ0) is 29.0. The molecule has 1 fully saturated rings. The number of carbonyl (C=O) groups excluding carboxylic acids is 1. The number of Topliss-reactive ketones (excluding diaryl/α,β-unsaturated/α-hetero) is 1. The Morgan fingerprint density at radius 3 is 2.37 bits per heavy atom. The maximum Gasteiger partial charge on any atom is 0.573 e. The summed E-state index contributed by atoms with van der Waals surface area (Å²) in [4.78, 5) is 16.9. The van der Waals surface area contributed by atoms with Crippen LogP contribution in [0.1, 0.15) is 78.5 Å². The van der Waals surface area contributed by atoms with Gasteiger partial charge in [0.1, 0.15) is 13.6 Å². The topological polar surface area (TPSA) is 29.5 Å². The Morgan fingerprint density at radius 2 is 1.71 bits per heavy atom. The van der Waals surface area contributed by atoms with Crippen molar-refractivity contribution < 1.29 is 22.7 Å². The first-order chi connectivity index (χ1) is 19.7. The van der Waals surface area contributed by atoms with E-state index in [0.717, 1.165) is 68.3 Å². The molecule has 1 saturated heterocycles. The SMILES string of the molecule is [B]c1ccc2c(c1)CCCC1(CCN(C(CC)c3ccccc3)CC1)C(CCc1ccc(OC(F)(F)F)cc1)C2=O. The number of likely N-dealkylation sites (tertiary alicyclic amines) is 1. The Balaban J connectivity index is 1.39. The summed E-state index contributed by atoms with van der Waals surface area (Å²) in [7, 11) is 6.08. The molecular weight excluding hydrogens is 522 g/mol. The van der Waals surface area contributed by atoms with Crippen molar-refractivity contribution in [3.8, 4) is 5.75 Å². The second-order valence-corrected chi connectivity index (χ2v) is 11.7. The molecule has 0 saturated carbocycles. The van der Waals surface area contributed by atoms with Crippen LogP contribution in [0.25, 0.3) is 0 Å². The van der Waals surface area contributed by atoms with Gasteiger partial charge in [0, 0.05) is 17.5 Å². The lowest BCUT2D eigenvalue weighted by molar-refractivity contribution is -0.274. The van der Waals surface area contributed by atoms with Crippen molar-refractivity contribution in [3.05, 3.63) is 95.1 Å². The molecule has 7 heteroatoms. The average Bonchev–Trinajstić information content (AvgIpc) is 2.95. The summed E-state index contributed by atoms with van der Waals surface area (Å²) in [5, 5.41) is 0. The molecule has 2 radical (unpaired) electrons. The molecule has 1 spiro atoms. The molecule has 214 valence electrons. The lowest BCUT2D eigenvalue weighted by Crippen LogP contribution is -2.48. The molecule has 2 atom stereocenters. The summed E-state index contributed by atoms with van der Waals surface area (Å²) in [5.41, 5.74) is 4.59. The predicted octanol–water partition coefficient (Wildman–Crippen LogP) is 7.38. The molecular formula is C34H37BF3NO2. The minimum Gasteiger partial charge on any atom is -0.406 e.